The van der Waals surface area contributed by atoms with Crippen molar-refractivity contribution in [1.29, 1.82) is 0 Å². The zero-order chi connectivity index (χ0) is 13.8. The van der Waals surface area contributed by atoms with Crippen LogP contribution in [0, 0.1) is 0 Å². The van der Waals surface area contributed by atoms with E-state index >= 15 is 0 Å². The van der Waals surface area contributed by atoms with Crippen LogP contribution in [0.5, 0.6) is 11.5 Å². The number of aliphatic hydroxyl groups excluding tert-OH is 1. The maximum atomic E-state index is 9.14. The molecule has 3 nitrogen and oxygen atoms in total. The first kappa shape index (κ1) is 13.2. The van der Waals surface area contributed by atoms with Gasteiger partial charge in [0.15, 0.2) is 0 Å². The van der Waals surface area contributed by atoms with Gasteiger partial charge < -0.3 is 15.2 Å². The number of hydrogen-bond donors (Lipinski definition) is 2. The van der Waals surface area contributed by atoms with Gasteiger partial charge in [0, 0.05) is 12.6 Å². The molecule has 0 aromatic heterocycles. The molecule has 20 heavy (non-hydrogen) atoms. The van der Waals surface area contributed by atoms with E-state index in [1.165, 1.54) is 18.4 Å². The van der Waals surface area contributed by atoms with Gasteiger partial charge >= 0.3 is 0 Å². The van der Waals surface area contributed by atoms with E-state index in [2.05, 4.69) is 17.4 Å². The van der Waals surface area contributed by atoms with Crippen LogP contribution in [0.4, 0.5) is 0 Å². The molecular weight excluding hydrogens is 250 g/mol. The molecule has 0 bridgehead atoms. The molecule has 0 unspecified atom stereocenters. The Labute approximate surface area is 119 Å². The van der Waals surface area contributed by atoms with Crippen LogP contribution in [0.25, 0.3) is 0 Å². The fourth-order valence-electron chi connectivity index (χ4n) is 2.11. The van der Waals surface area contributed by atoms with Gasteiger partial charge in [0.05, 0.1) is 6.61 Å². The molecule has 2 aromatic carbocycles. The second-order valence-electron chi connectivity index (χ2n) is 5.21. The van der Waals surface area contributed by atoms with E-state index in [9.17, 15) is 0 Å². The molecule has 0 aliphatic heterocycles. The number of rotatable bonds is 6. The van der Waals surface area contributed by atoms with Crippen molar-refractivity contribution in [1.82, 2.24) is 5.32 Å². The smallest absolute Gasteiger partial charge is 0.127 e. The average molecular weight is 269 g/mol. The number of benzene rings is 2. The van der Waals surface area contributed by atoms with Crippen molar-refractivity contribution in [2.24, 2.45) is 0 Å². The van der Waals surface area contributed by atoms with E-state index in [1.54, 1.807) is 0 Å². The SMILES string of the molecule is OCc1cccc(Oc2cccc(CNC3CC3)c2)c1. The predicted octanol–water partition coefficient (Wildman–Crippen LogP) is 3.22. The van der Waals surface area contributed by atoms with Crippen LogP contribution in [0.1, 0.15) is 24.0 Å². The lowest BCUT2D eigenvalue weighted by atomic mass is 10.2. The van der Waals surface area contributed by atoms with Gasteiger partial charge in [0.25, 0.3) is 0 Å². The minimum atomic E-state index is 0.0303. The number of aliphatic hydroxyl groups is 1. The maximum Gasteiger partial charge on any atom is 0.127 e. The van der Waals surface area contributed by atoms with Crippen molar-refractivity contribution in [3.8, 4) is 11.5 Å². The van der Waals surface area contributed by atoms with Crippen molar-refractivity contribution < 1.29 is 9.84 Å². The van der Waals surface area contributed by atoms with Crippen LogP contribution < -0.4 is 10.1 Å². The molecule has 1 aliphatic rings. The number of nitrogens with one attached hydrogen (secondary N) is 1. The van der Waals surface area contributed by atoms with Crippen molar-refractivity contribution in [3.05, 3.63) is 59.7 Å². The highest BCUT2D eigenvalue weighted by Crippen LogP contribution is 2.24. The normalized spacial score (nSPS) is 14.2. The minimum Gasteiger partial charge on any atom is -0.457 e. The summed E-state index contributed by atoms with van der Waals surface area (Å²) in [6.45, 7) is 0.918. The molecule has 1 fully saturated rings. The molecule has 3 rings (SSSR count). The third-order valence-electron chi connectivity index (χ3n) is 3.39. The second kappa shape index (κ2) is 6.07. The molecule has 104 valence electrons. The van der Waals surface area contributed by atoms with E-state index < -0.39 is 0 Å². The van der Waals surface area contributed by atoms with Crippen molar-refractivity contribution in [2.45, 2.75) is 32.0 Å². The molecule has 3 heteroatoms. The highest BCUT2D eigenvalue weighted by atomic mass is 16.5. The molecule has 0 radical (unpaired) electrons. The van der Waals surface area contributed by atoms with Crippen LogP contribution in [0.15, 0.2) is 48.5 Å². The fourth-order valence-corrected chi connectivity index (χ4v) is 2.11. The van der Waals surface area contributed by atoms with E-state index in [4.69, 9.17) is 9.84 Å². The van der Waals surface area contributed by atoms with Crippen LogP contribution in [-0.4, -0.2) is 11.1 Å². The summed E-state index contributed by atoms with van der Waals surface area (Å²) < 4.78 is 5.85. The Balaban J connectivity index is 1.67. The van der Waals surface area contributed by atoms with Gasteiger partial charge in [-0.05, 0) is 48.2 Å². The molecular formula is C17H19NO2. The fraction of sp³-hybridized carbons (Fsp3) is 0.294. The minimum absolute atomic E-state index is 0.0303. The summed E-state index contributed by atoms with van der Waals surface area (Å²) in [6, 6.07) is 16.3. The third kappa shape index (κ3) is 3.59. The van der Waals surface area contributed by atoms with Gasteiger partial charge in [-0.2, -0.15) is 0 Å². The quantitative estimate of drug-likeness (QED) is 0.846. The first-order valence-corrected chi connectivity index (χ1v) is 7.03. The van der Waals surface area contributed by atoms with Crippen molar-refractivity contribution >= 4 is 0 Å². The van der Waals surface area contributed by atoms with Gasteiger partial charge in [0.1, 0.15) is 11.5 Å². The molecule has 2 N–H and O–H groups in total. The molecule has 0 saturated heterocycles. The summed E-state index contributed by atoms with van der Waals surface area (Å²) in [6.07, 6.45) is 2.59. The maximum absolute atomic E-state index is 9.14. The predicted molar refractivity (Wildman–Crippen MR) is 78.7 cm³/mol. The van der Waals surface area contributed by atoms with E-state index in [0.717, 1.165) is 23.6 Å². The topological polar surface area (TPSA) is 41.5 Å². The summed E-state index contributed by atoms with van der Waals surface area (Å²) in [5, 5.41) is 12.6. The lowest BCUT2D eigenvalue weighted by molar-refractivity contribution is 0.281. The first-order valence-electron chi connectivity index (χ1n) is 7.03. The number of hydrogen-bond acceptors (Lipinski definition) is 3. The second-order valence-corrected chi connectivity index (χ2v) is 5.21. The molecule has 2 aromatic rings. The van der Waals surface area contributed by atoms with Crippen LogP contribution in [0.3, 0.4) is 0 Å². The van der Waals surface area contributed by atoms with Gasteiger partial charge in [-0.3, -0.25) is 0 Å². The molecule has 1 saturated carbocycles. The summed E-state index contributed by atoms with van der Waals surface area (Å²) in [4.78, 5) is 0. The molecule has 1 aliphatic carbocycles. The zero-order valence-electron chi connectivity index (χ0n) is 11.4. The monoisotopic (exact) mass is 269 g/mol. The Morgan fingerprint density at radius 2 is 1.65 bits per heavy atom. The standard InChI is InChI=1S/C17H19NO2/c19-12-14-4-2-6-17(10-14)20-16-5-1-3-13(9-16)11-18-15-7-8-15/h1-6,9-10,15,18-19H,7-8,11-12H2. The van der Waals surface area contributed by atoms with Crippen LogP contribution in [0.2, 0.25) is 0 Å². The summed E-state index contributed by atoms with van der Waals surface area (Å²) in [5.41, 5.74) is 2.08. The van der Waals surface area contributed by atoms with E-state index in [1.807, 2.05) is 36.4 Å². The Bertz CT molecular complexity index is 579. The number of ether oxygens (including phenoxy) is 1. The van der Waals surface area contributed by atoms with Crippen molar-refractivity contribution in [3.63, 3.8) is 0 Å². The highest BCUT2D eigenvalue weighted by Gasteiger charge is 2.19. The van der Waals surface area contributed by atoms with Crippen molar-refractivity contribution in [2.75, 3.05) is 0 Å². The first-order chi connectivity index (χ1) is 9.83. The average Bonchev–Trinajstić information content (AvgIpc) is 3.30. The summed E-state index contributed by atoms with van der Waals surface area (Å²) >= 11 is 0. The highest BCUT2D eigenvalue weighted by molar-refractivity contribution is 5.35. The molecule has 0 amide bonds. The Kier molecular flexibility index (Phi) is 4.00. The van der Waals surface area contributed by atoms with Gasteiger partial charge in [0.2, 0.25) is 0 Å². The van der Waals surface area contributed by atoms with E-state index in [0.29, 0.717) is 6.04 Å². The van der Waals surface area contributed by atoms with Gasteiger partial charge in [-0.25, -0.2) is 0 Å². The lowest BCUT2D eigenvalue weighted by Crippen LogP contribution is -2.15. The zero-order valence-corrected chi connectivity index (χ0v) is 11.4. The molecule has 0 spiro atoms. The van der Waals surface area contributed by atoms with Crippen LogP contribution in [-0.2, 0) is 13.2 Å². The largest absolute Gasteiger partial charge is 0.457 e. The molecule has 0 heterocycles. The molecule has 0 atom stereocenters. The summed E-state index contributed by atoms with van der Waals surface area (Å²) in [7, 11) is 0. The van der Waals surface area contributed by atoms with Crippen LogP contribution >= 0.6 is 0 Å². The lowest BCUT2D eigenvalue weighted by Gasteiger charge is -2.09. The van der Waals surface area contributed by atoms with E-state index in [-0.39, 0.29) is 6.61 Å². The Morgan fingerprint density at radius 1 is 1.00 bits per heavy atom. The Morgan fingerprint density at radius 3 is 2.30 bits per heavy atom. The Hall–Kier alpha value is -1.84. The summed E-state index contributed by atoms with van der Waals surface area (Å²) in [5.74, 6) is 1.58. The third-order valence-corrected chi connectivity index (χ3v) is 3.39. The van der Waals surface area contributed by atoms with Gasteiger partial charge in [-0.15, -0.1) is 0 Å². The van der Waals surface area contributed by atoms with Gasteiger partial charge in [-0.1, -0.05) is 24.3 Å².